The summed E-state index contributed by atoms with van der Waals surface area (Å²) in [6.07, 6.45) is -0.964. The van der Waals surface area contributed by atoms with Gasteiger partial charge in [0.05, 0.1) is 12.7 Å². The Bertz CT molecular complexity index is 409. The first kappa shape index (κ1) is 16.0. The molecule has 3 N–H and O–H groups in total. The maximum Gasteiger partial charge on any atom is 0.314 e. The lowest BCUT2D eigenvalue weighted by molar-refractivity contribution is 0.171. The van der Waals surface area contributed by atoms with Crippen LogP contribution in [0, 0.1) is 0 Å². The number of halogens is 2. The van der Waals surface area contributed by atoms with Gasteiger partial charge in [0, 0.05) is 35.8 Å². The number of urea groups is 1. The van der Waals surface area contributed by atoms with Crippen LogP contribution in [0.1, 0.15) is 11.7 Å². The van der Waals surface area contributed by atoms with Crippen molar-refractivity contribution in [3.63, 3.8) is 0 Å². The van der Waals surface area contributed by atoms with E-state index in [1.807, 2.05) is 0 Å². The number of carbonyl (C=O) groups excluding carboxylic acids is 1. The van der Waals surface area contributed by atoms with Gasteiger partial charge < -0.3 is 20.5 Å². The first-order valence-corrected chi connectivity index (χ1v) is 6.44. The molecular weight excluding hydrogens is 291 g/mol. The summed E-state index contributed by atoms with van der Waals surface area (Å²) in [6, 6.07) is 4.56. The quantitative estimate of drug-likeness (QED) is 0.704. The molecule has 0 aromatic heterocycles. The Morgan fingerprint density at radius 2 is 2.00 bits per heavy atom. The first-order chi connectivity index (χ1) is 9.06. The Morgan fingerprint density at radius 1 is 1.37 bits per heavy atom. The van der Waals surface area contributed by atoms with Crippen LogP contribution in [0.4, 0.5) is 4.79 Å². The number of amides is 2. The number of aliphatic hydroxyl groups excluding tert-OH is 1. The summed E-state index contributed by atoms with van der Waals surface area (Å²) in [7, 11) is 1.54. The average Bonchev–Trinajstić information content (AvgIpc) is 2.36. The van der Waals surface area contributed by atoms with Crippen molar-refractivity contribution in [1.29, 1.82) is 0 Å². The Balaban J connectivity index is 2.47. The van der Waals surface area contributed by atoms with Gasteiger partial charge in [-0.05, 0) is 12.1 Å². The van der Waals surface area contributed by atoms with E-state index in [1.165, 1.54) is 0 Å². The molecule has 0 saturated carbocycles. The van der Waals surface area contributed by atoms with Crippen molar-refractivity contribution in [2.45, 2.75) is 6.10 Å². The third-order valence-corrected chi connectivity index (χ3v) is 3.04. The van der Waals surface area contributed by atoms with E-state index in [0.717, 1.165) is 0 Å². The number of carbonyl (C=O) groups is 1. The molecule has 0 heterocycles. The predicted molar refractivity (Wildman–Crippen MR) is 74.7 cm³/mol. The molecule has 1 rings (SSSR count). The summed E-state index contributed by atoms with van der Waals surface area (Å²) < 4.78 is 4.79. The number of methoxy groups -OCH3 is 1. The zero-order valence-electron chi connectivity index (χ0n) is 10.5. The van der Waals surface area contributed by atoms with Crippen molar-refractivity contribution in [2.24, 2.45) is 0 Å². The number of ether oxygens (including phenoxy) is 1. The molecule has 1 aromatic rings. The maximum absolute atomic E-state index is 11.4. The third-order valence-electron chi connectivity index (χ3n) is 2.38. The minimum Gasteiger partial charge on any atom is -0.386 e. The standard InChI is InChI=1S/C12H16Cl2N2O3/c1-19-6-5-15-12(18)16-7-10(17)11-8(13)3-2-4-9(11)14/h2-4,10,17H,5-7H2,1H3,(H2,15,16,18)/t10-/m0/s1. The van der Waals surface area contributed by atoms with Gasteiger partial charge in [-0.2, -0.15) is 0 Å². The van der Waals surface area contributed by atoms with E-state index >= 15 is 0 Å². The normalized spacial score (nSPS) is 12.0. The van der Waals surface area contributed by atoms with Crippen molar-refractivity contribution >= 4 is 29.2 Å². The fourth-order valence-corrected chi connectivity index (χ4v) is 2.10. The molecule has 106 valence electrons. The highest BCUT2D eigenvalue weighted by molar-refractivity contribution is 6.36. The lowest BCUT2D eigenvalue weighted by atomic mass is 10.1. The van der Waals surface area contributed by atoms with E-state index < -0.39 is 6.10 Å². The molecule has 0 aliphatic carbocycles. The molecule has 2 amide bonds. The van der Waals surface area contributed by atoms with Crippen LogP contribution in [0.25, 0.3) is 0 Å². The van der Waals surface area contributed by atoms with Crippen LogP contribution in [-0.4, -0.2) is 37.9 Å². The van der Waals surface area contributed by atoms with Gasteiger partial charge in [-0.25, -0.2) is 4.79 Å². The molecule has 0 spiro atoms. The van der Waals surface area contributed by atoms with E-state index in [2.05, 4.69) is 10.6 Å². The van der Waals surface area contributed by atoms with Crippen molar-refractivity contribution in [2.75, 3.05) is 26.8 Å². The second-order valence-corrected chi connectivity index (χ2v) is 4.60. The van der Waals surface area contributed by atoms with E-state index in [9.17, 15) is 9.90 Å². The molecule has 0 aliphatic rings. The Morgan fingerprint density at radius 3 is 2.58 bits per heavy atom. The molecular formula is C12H16Cl2N2O3. The SMILES string of the molecule is COCCNC(=O)NC[C@H](O)c1c(Cl)cccc1Cl. The van der Waals surface area contributed by atoms with Crippen molar-refractivity contribution in [3.8, 4) is 0 Å². The zero-order valence-corrected chi connectivity index (χ0v) is 12.0. The summed E-state index contributed by atoms with van der Waals surface area (Å²) in [5.74, 6) is 0. The lowest BCUT2D eigenvalue weighted by Crippen LogP contribution is -2.39. The highest BCUT2D eigenvalue weighted by Crippen LogP contribution is 2.29. The average molecular weight is 307 g/mol. The molecule has 0 fully saturated rings. The molecule has 0 saturated heterocycles. The second kappa shape index (κ2) is 8.22. The topological polar surface area (TPSA) is 70.6 Å². The molecule has 0 radical (unpaired) electrons. The molecule has 19 heavy (non-hydrogen) atoms. The number of rotatable bonds is 6. The number of hydrogen-bond acceptors (Lipinski definition) is 3. The van der Waals surface area contributed by atoms with Crippen LogP contribution in [0.5, 0.6) is 0 Å². The largest absolute Gasteiger partial charge is 0.386 e. The Kier molecular flexibility index (Phi) is 6.94. The van der Waals surface area contributed by atoms with Crippen LogP contribution < -0.4 is 10.6 Å². The van der Waals surface area contributed by atoms with Gasteiger partial charge in [-0.1, -0.05) is 29.3 Å². The molecule has 0 unspecified atom stereocenters. The van der Waals surface area contributed by atoms with Gasteiger partial charge in [0.1, 0.15) is 0 Å². The number of hydrogen-bond donors (Lipinski definition) is 3. The van der Waals surface area contributed by atoms with E-state index in [-0.39, 0.29) is 12.6 Å². The summed E-state index contributed by atoms with van der Waals surface area (Å²) >= 11 is 11.9. The fraction of sp³-hybridized carbons (Fsp3) is 0.417. The monoisotopic (exact) mass is 306 g/mol. The van der Waals surface area contributed by atoms with Gasteiger partial charge in [-0.3, -0.25) is 0 Å². The smallest absolute Gasteiger partial charge is 0.314 e. The number of aliphatic hydroxyl groups is 1. The van der Waals surface area contributed by atoms with Gasteiger partial charge in [-0.15, -0.1) is 0 Å². The van der Waals surface area contributed by atoms with Gasteiger partial charge >= 0.3 is 6.03 Å². The van der Waals surface area contributed by atoms with Crippen molar-refractivity contribution < 1.29 is 14.6 Å². The van der Waals surface area contributed by atoms with E-state index in [0.29, 0.717) is 28.8 Å². The van der Waals surface area contributed by atoms with Crippen molar-refractivity contribution in [1.82, 2.24) is 10.6 Å². The summed E-state index contributed by atoms with van der Waals surface area (Å²) in [6.45, 7) is 0.833. The highest BCUT2D eigenvalue weighted by Gasteiger charge is 2.16. The van der Waals surface area contributed by atoms with E-state index in [1.54, 1.807) is 25.3 Å². The molecule has 1 aromatic carbocycles. The fourth-order valence-electron chi connectivity index (χ4n) is 1.45. The minimum absolute atomic E-state index is 0.0161. The molecule has 0 bridgehead atoms. The second-order valence-electron chi connectivity index (χ2n) is 3.78. The van der Waals surface area contributed by atoms with Crippen LogP contribution in [0.2, 0.25) is 10.0 Å². The van der Waals surface area contributed by atoms with Crippen LogP contribution in [0.3, 0.4) is 0 Å². The number of benzene rings is 1. The Hall–Kier alpha value is -1.01. The minimum atomic E-state index is -0.964. The van der Waals surface area contributed by atoms with Crippen LogP contribution >= 0.6 is 23.2 Å². The van der Waals surface area contributed by atoms with Gasteiger partial charge in [0.25, 0.3) is 0 Å². The zero-order chi connectivity index (χ0) is 14.3. The summed E-state index contributed by atoms with van der Waals surface area (Å²) in [5.41, 5.74) is 0.406. The van der Waals surface area contributed by atoms with Gasteiger partial charge in [0.2, 0.25) is 0 Å². The molecule has 1 atom stereocenters. The molecule has 5 nitrogen and oxygen atoms in total. The first-order valence-electron chi connectivity index (χ1n) is 5.69. The summed E-state index contributed by atoms with van der Waals surface area (Å²) in [5, 5.41) is 15.8. The van der Waals surface area contributed by atoms with Crippen LogP contribution in [-0.2, 0) is 4.74 Å². The molecule has 7 heteroatoms. The van der Waals surface area contributed by atoms with Gasteiger partial charge in [0.15, 0.2) is 0 Å². The highest BCUT2D eigenvalue weighted by atomic mass is 35.5. The third kappa shape index (κ3) is 5.24. The predicted octanol–water partition coefficient (Wildman–Crippen LogP) is 1.97. The summed E-state index contributed by atoms with van der Waals surface area (Å²) in [4.78, 5) is 11.4. The lowest BCUT2D eigenvalue weighted by Gasteiger charge is -2.15. The van der Waals surface area contributed by atoms with E-state index in [4.69, 9.17) is 27.9 Å². The maximum atomic E-state index is 11.4. The Labute approximate surface area is 121 Å². The molecule has 0 aliphatic heterocycles. The number of nitrogens with one attached hydrogen (secondary N) is 2. The van der Waals surface area contributed by atoms with Crippen molar-refractivity contribution in [3.05, 3.63) is 33.8 Å². The van der Waals surface area contributed by atoms with Crippen LogP contribution in [0.15, 0.2) is 18.2 Å².